The van der Waals surface area contributed by atoms with Crippen LogP contribution >= 0.6 is 0 Å². The maximum atomic E-state index is 12.0. The zero-order valence-electron chi connectivity index (χ0n) is 12.3. The fraction of sp³-hybridized carbons (Fsp3) is 0.250. The van der Waals surface area contributed by atoms with Gasteiger partial charge in [0.05, 0.1) is 14.2 Å². The van der Waals surface area contributed by atoms with Gasteiger partial charge >= 0.3 is 0 Å². The number of aromatic nitrogens is 1. The molecule has 5 heteroatoms. The first-order valence-electron chi connectivity index (χ1n) is 6.57. The molecule has 0 atom stereocenters. The predicted octanol–water partition coefficient (Wildman–Crippen LogP) is 2.34. The second-order valence-corrected chi connectivity index (χ2v) is 4.48. The first-order chi connectivity index (χ1) is 10.2. The molecule has 1 N–H and O–H groups in total. The van der Waals surface area contributed by atoms with E-state index in [9.17, 15) is 4.79 Å². The van der Waals surface area contributed by atoms with Crippen LogP contribution in [0, 0.1) is 6.92 Å². The number of rotatable bonds is 5. The maximum Gasteiger partial charge on any atom is 0.270 e. The standard InChI is InChI=1S/C16H18N2O3/c1-11-14(20-2)8-7-12(15(11)21-3)10-18-16(19)13-6-4-5-9-17-13/h4-9H,10H2,1-3H3,(H,18,19). The van der Waals surface area contributed by atoms with Crippen molar-refractivity contribution in [2.75, 3.05) is 14.2 Å². The molecule has 0 radical (unpaired) electrons. The van der Waals surface area contributed by atoms with Crippen molar-refractivity contribution in [2.45, 2.75) is 13.5 Å². The summed E-state index contributed by atoms with van der Waals surface area (Å²) in [7, 11) is 3.22. The molecule has 1 aromatic carbocycles. The summed E-state index contributed by atoms with van der Waals surface area (Å²) in [4.78, 5) is 16.0. The highest BCUT2D eigenvalue weighted by molar-refractivity contribution is 5.92. The summed E-state index contributed by atoms with van der Waals surface area (Å²) in [6.45, 7) is 2.28. The van der Waals surface area contributed by atoms with Crippen LogP contribution in [0.25, 0.3) is 0 Å². The number of hydrogen-bond acceptors (Lipinski definition) is 4. The minimum atomic E-state index is -0.217. The number of amides is 1. The molecule has 0 fully saturated rings. The lowest BCUT2D eigenvalue weighted by molar-refractivity contribution is 0.0945. The van der Waals surface area contributed by atoms with Crippen LogP contribution in [0.2, 0.25) is 0 Å². The zero-order valence-corrected chi connectivity index (χ0v) is 12.3. The van der Waals surface area contributed by atoms with Crippen molar-refractivity contribution in [1.29, 1.82) is 0 Å². The Morgan fingerprint density at radius 3 is 2.62 bits per heavy atom. The molecule has 0 aliphatic heterocycles. The Morgan fingerprint density at radius 1 is 1.19 bits per heavy atom. The fourth-order valence-corrected chi connectivity index (χ4v) is 2.14. The molecular formula is C16H18N2O3. The summed E-state index contributed by atoms with van der Waals surface area (Å²) in [5, 5.41) is 2.83. The topological polar surface area (TPSA) is 60.5 Å². The lowest BCUT2D eigenvalue weighted by Gasteiger charge is -2.14. The van der Waals surface area contributed by atoms with Gasteiger partial charge in [0.1, 0.15) is 17.2 Å². The molecule has 1 heterocycles. The molecular weight excluding hydrogens is 268 g/mol. The molecule has 0 unspecified atom stereocenters. The molecule has 1 amide bonds. The number of nitrogens with zero attached hydrogens (tertiary/aromatic N) is 1. The minimum Gasteiger partial charge on any atom is -0.496 e. The highest BCUT2D eigenvalue weighted by Gasteiger charge is 2.13. The van der Waals surface area contributed by atoms with E-state index in [0.29, 0.717) is 12.2 Å². The van der Waals surface area contributed by atoms with Crippen LogP contribution < -0.4 is 14.8 Å². The number of benzene rings is 1. The van der Waals surface area contributed by atoms with Gasteiger partial charge in [-0.05, 0) is 31.2 Å². The number of nitrogens with one attached hydrogen (secondary N) is 1. The van der Waals surface area contributed by atoms with E-state index >= 15 is 0 Å². The summed E-state index contributed by atoms with van der Waals surface area (Å²) >= 11 is 0. The summed E-state index contributed by atoms with van der Waals surface area (Å²) in [6, 6.07) is 8.96. The molecule has 2 rings (SSSR count). The second kappa shape index (κ2) is 6.74. The van der Waals surface area contributed by atoms with Gasteiger partial charge in [-0.2, -0.15) is 0 Å². The van der Waals surface area contributed by atoms with E-state index in [1.54, 1.807) is 38.6 Å². The second-order valence-electron chi connectivity index (χ2n) is 4.48. The van der Waals surface area contributed by atoms with Crippen LogP contribution in [0.1, 0.15) is 21.6 Å². The number of methoxy groups -OCH3 is 2. The maximum absolute atomic E-state index is 12.0. The largest absolute Gasteiger partial charge is 0.496 e. The first kappa shape index (κ1) is 14.8. The van der Waals surface area contributed by atoms with E-state index < -0.39 is 0 Å². The molecule has 5 nitrogen and oxygen atoms in total. The first-order valence-corrected chi connectivity index (χ1v) is 6.57. The third kappa shape index (κ3) is 3.31. The molecule has 1 aromatic heterocycles. The van der Waals surface area contributed by atoms with Crippen LogP contribution in [0.3, 0.4) is 0 Å². The Balaban J connectivity index is 2.13. The van der Waals surface area contributed by atoms with E-state index in [2.05, 4.69) is 10.3 Å². The Kier molecular flexibility index (Phi) is 4.77. The smallest absolute Gasteiger partial charge is 0.270 e. The predicted molar refractivity (Wildman–Crippen MR) is 79.7 cm³/mol. The average molecular weight is 286 g/mol. The Morgan fingerprint density at radius 2 is 2.00 bits per heavy atom. The van der Waals surface area contributed by atoms with Crippen LogP contribution in [0.4, 0.5) is 0 Å². The Hall–Kier alpha value is -2.56. The number of ether oxygens (including phenoxy) is 2. The third-order valence-electron chi connectivity index (χ3n) is 3.20. The van der Waals surface area contributed by atoms with Crippen LogP contribution in [0.15, 0.2) is 36.5 Å². The number of carbonyl (C=O) groups is 1. The van der Waals surface area contributed by atoms with Crippen molar-refractivity contribution in [3.63, 3.8) is 0 Å². The zero-order chi connectivity index (χ0) is 15.2. The molecule has 0 saturated heterocycles. The van der Waals surface area contributed by atoms with E-state index in [4.69, 9.17) is 9.47 Å². The Labute approximate surface area is 123 Å². The van der Waals surface area contributed by atoms with Crippen molar-refractivity contribution in [2.24, 2.45) is 0 Å². The van der Waals surface area contributed by atoms with Gasteiger partial charge in [0.15, 0.2) is 0 Å². The van der Waals surface area contributed by atoms with Gasteiger partial charge < -0.3 is 14.8 Å². The van der Waals surface area contributed by atoms with Crippen LogP contribution in [-0.4, -0.2) is 25.1 Å². The van der Waals surface area contributed by atoms with Gasteiger partial charge in [0.2, 0.25) is 0 Å². The molecule has 0 saturated carbocycles. The summed E-state index contributed by atoms with van der Waals surface area (Å²) in [5.74, 6) is 1.26. The summed E-state index contributed by atoms with van der Waals surface area (Å²) in [5.41, 5.74) is 2.19. The van der Waals surface area contributed by atoms with Gasteiger partial charge in [0.25, 0.3) is 5.91 Å². The number of carbonyl (C=O) groups excluding carboxylic acids is 1. The molecule has 0 aliphatic rings. The molecule has 110 valence electrons. The van der Waals surface area contributed by atoms with E-state index in [1.165, 1.54) is 0 Å². The van der Waals surface area contributed by atoms with Crippen molar-refractivity contribution in [1.82, 2.24) is 10.3 Å². The van der Waals surface area contributed by atoms with Gasteiger partial charge in [0, 0.05) is 23.9 Å². The number of hydrogen-bond donors (Lipinski definition) is 1. The third-order valence-corrected chi connectivity index (χ3v) is 3.20. The van der Waals surface area contributed by atoms with Gasteiger partial charge in [-0.25, -0.2) is 0 Å². The van der Waals surface area contributed by atoms with Crippen molar-refractivity contribution in [3.8, 4) is 11.5 Å². The summed E-state index contributed by atoms with van der Waals surface area (Å²) < 4.78 is 10.7. The van der Waals surface area contributed by atoms with Crippen molar-refractivity contribution < 1.29 is 14.3 Å². The molecule has 0 spiro atoms. The van der Waals surface area contributed by atoms with Gasteiger partial charge in [-0.1, -0.05) is 6.07 Å². The fourth-order valence-electron chi connectivity index (χ4n) is 2.14. The van der Waals surface area contributed by atoms with Crippen molar-refractivity contribution in [3.05, 3.63) is 53.3 Å². The SMILES string of the molecule is COc1ccc(CNC(=O)c2ccccn2)c(OC)c1C. The van der Waals surface area contributed by atoms with Crippen LogP contribution in [-0.2, 0) is 6.54 Å². The number of pyridine rings is 1. The normalized spacial score (nSPS) is 10.0. The van der Waals surface area contributed by atoms with E-state index in [-0.39, 0.29) is 5.91 Å². The van der Waals surface area contributed by atoms with Gasteiger partial charge in [-0.3, -0.25) is 9.78 Å². The van der Waals surface area contributed by atoms with E-state index in [1.807, 2.05) is 19.1 Å². The highest BCUT2D eigenvalue weighted by Crippen LogP contribution is 2.31. The van der Waals surface area contributed by atoms with E-state index in [0.717, 1.165) is 22.6 Å². The van der Waals surface area contributed by atoms with Crippen LogP contribution in [0.5, 0.6) is 11.5 Å². The van der Waals surface area contributed by atoms with Crippen molar-refractivity contribution >= 4 is 5.91 Å². The molecule has 0 aliphatic carbocycles. The molecule has 21 heavy (non-hydrogen) atoms. The lowest BCUT2D eigenvalue weighted by atomic mass is 10.1. The van der Waals surface area contributed by atoms with Gasteiger partial charge in [-0.15, -0.1) is 0 Å². The lowest BCUT2D eigenvalue weighted by Crippen LogP contribution is -2.24. The Bertz CT molecular complexity index is 627. The summed E-state index contributed by atoms with van der Waals surface area (Å²) in [6.07, 6.45) is 1.59. The highest BCUT2D eigenvalue weighted by atomic mass is 16.5. The average Bonchev–Trinajstić information content (AvgIpc) is 2.53. The monoisotopic (exact) mass is 286 g/mol. The quantitative estimate of drug-likeness (QED) is 0.916. The molecule has 2 aromatic rings. The molecule has 0 bridgehead atoms. The minimum absolute atomic E-state index is 0.217.